The van der Waals surface area contributed by atoms with Gasteiger partial charge >= 0.3 is 11.9 Å². The molecule has 0 aromatic heterocycles. The van der Waals surface area contributed by atoms with Gasteiger partial charge in [0.1, 0.15) is 0 Å². The Morgan fingerprint density at radius 1 is 0.778 bits per heavy atom. The Hall–Kier alpha value is -1.14. The minimum atomic E-state index is -0.734. The Morgan fingerprint density at radius 3 is 1.39 bits per heavy atom. The molecule has 0 spiro atoms. The molecule has 1 rings (SSSR count). The molecule has 0 saturated carbocycles. The van der Waals surface area contributed by atoms with E-state index in [1.807, 2.05) is 0 Å². The van der Waals surface area contributed by atoms with Crippen molar-refractivity contribution in [3.63, 3.8) is 0 Å². The van der Waals surface area contributed by atoms with Crippen LogP contribution in [0, 0.1) is 0 Å². The second-order valence-electron chi connectivity index (χ2n) is 4.68. The summed E-state index contributed by atoms with van der Waals surface area (Å²) in [5, 5.41) is 17.1. The highest BCUT2D eigenvalue weighted by atomic mass is 16.4. The van der Waals surface area contributed by atoms with E-state index >= 15 is 0 Å². The minimum Gasteiger partial charge on any atom is -0.481 e. The van der Waals surface area contributed by atoms with Crippen LogP contribution in [0.4, 0.5) is 0 Å². The topological polar surface area (TPSA) is 81.1 Å². The van der Waals surface area contributed by atoms with Crippen LogP contribution in [-0.4, -0.2) is 71.2 Å². The summed E-state index contributed by atoms with van der Waals surface area (Å²) in [6.45, 7) is 5.49. The lowest BCUT2D eigenvalue weighted by atomic mass is 10.2. The van der Waals surface area contributed by atoms with Gasteiger partial charge in [0.05, 0.1) is 0 Å². The van der Waals surface area contributed by atoms with Crippen molar-refractivity contribution < 1.29 is 19.8 Å². The van der Waals surface area contributed by atoms with E-state index in [1.165, 1.54) is 0 Å². The molecular formula is C12H22N2O4. The number of hydrogen-bond donors (Lipinski definition) is 2. The van der Waals surface area contributed by atoms with Gasteiger partial charge in [-0.3, -0.25) is 9.59 Å². The first-order chi connectivity index (χ1) is 8.58. The number of nitrogens with zero attached hydrogens (tertiary/aromatic N) is 2. The maximum Gasteiger partial charge on any atom is 0.303 e. The summed E-state index contributed by atoms with van der Waals surface area (Å²) in [6, 6.07) is 0. The number of aliphatic carboxylic acids is 2. The molecule has 0 aromatic rings. The van der Waals surface area contributed by atoms with Crippen LogP contribution in [0.25, 0.3) is 0 Å². The lowest BCUT2D eigenvalue weighted by Crippen LogP contribution is -2.46. The molecule has 0 amide bonds. The minimum absolute atomic E-state index is 0.235. The molecule has 2 N–H and O–H groups in total. The number of carboxylic acids is 2. The van der Waals surface area contributed by atoms with Crippen molar-refractivity contribution in [1.29, 1.82) is 0 Å². The summed E-state index contributed by atoms with van der Waals surface area (Å²) in [7, 11) is 0. The first-order valence-corrected chi connectivity index (χ1v) is 6.46. The lowest BCUT2D eigenvalue weighted by molar-refractivity contribution is -0.138. The smallest absolute Gasteiger partial charge is 0.303 e. The van der Waals surface area contributed by atoms with E-state index in [2.05, 4.69) is 9.80 Å². The molecule has 1 aliphatic rings. The van der Waals surface area contributed by atoms with E-state index in [9.17, 15) is 9.59 Å². The maximum absolute atomic E-state index is 10.4. The number of hydrogen-bond acceptors (Lipinski definition) is 4. The third-order valence-electron chi connectivity index (χ3n) is 3.19. The zero-order valence-corrected chi connectivity index (χ0v) is 10.7. The molecular weight excluding hydrogens is 236 g/mol. The molecule has 1 fully saturated rings. The lowest BCUT2D eigenvalue weighted by Gasteiger charge is -2.34. The van der Waals surface area contributed by atoms with Crippen LogP contribution in [0.5, 0.6) is 0 Å². The fourth-order valence-corrected chi connectivity index (χ4v) is 2.14. The second-order valence-corrected chi connectivity index (χ2v) is 4.68. The summed E-state index contributed by atoms with van der Waals surface area (Å²) in [5.74, 6) is -1.47. The van der Waals surface area contributed by atoms with Gasteiger partial charge in [0, 0.05) is 39.0 Å². The van der Waals surface area contributed by atoms with E-state index in [1.54, 1.807) is 0 Å². The van der Waals surface area contributed by atoms with Crippen molar-refractivity contribution in [3.8, 4) is 0 Å². The van der Waals surface area contributed by atoms with Crippen molar-refractivity contribution in [3.05, 3.63) is 0 Å². The van der Waals surface area contributed by atoms with Crippen LogP contribution in [0.3, 0.4) is 0 Å². The summed E-state index contributed by atoms with van der Waals surface area (Å²) < 4.78 is 0. The van der Waals surface area contributed by atoms with Gasteiger partial charge in [-0.1, -0.05) is 0 Å². The zero-order valence-electron chi connectivity index (χ0n) is 10.7. The standard InChI is InChI=1S/C12H22N2O4/c15-11(16)3-1-5-13-7-9-14(10-8-13)6-2-4-12(17)18/h1-10H2,(H,15,16)(H,17,18). The predicted octanol–water partition coefficient (Wildman–Crippen LogP) is 0.334. The summed E-state index contributed by atoms with van der Waals surface area (Å²) >= 11 is 0. The summed E-state index contributed by atoms with van der Waals surface area (Å²) in [6.07, 6.45) is 1.88. The van der Waals surface area contributed by atoms with E-state index in [0.717, 1.165) is 39.3 Å². The predicted molar refractivity (Wildman–Crippen MR) is 66.6 cm³/mol. The molecule has 1 heterocycles. The molecule has 0 radical (unpaired) electrons. The molecule has 0 aliphatic carbocycles. The van der Waals surface area contributed by atoms with Crippen LogP contribution in [0.15, 0.2) is 0 Å². The highest BCUT2D eigenvalue weighted by Gasteiger charge is 2.16. The van der Waals surface area contributed by atoms with E-state index in [4.69, 9.17) is 10.2 Å². The summed E-state index contributed by atoms with van der Waals surface area (Å²) in [4.78, 5) is 25.3. The van der Waals surface area contributed by atoms with Crippen LogP contribution in [0.2, 0.25) is 0 Å². The van der Waals surface area contributed by atoms with Crippen molar-refractivity contribution in [2.24, 2.45) is 0 Å². The Morgan fingerprint density at radius 2 is 1.11 bits per heavy atom. The molecule has 0 aromatic carbocycles. The molecule has 1 aliphatic heterocycles. The molecule has 0 unspecified atom stereocenters. The molecule has 6 nitrogen and oxygen atoms in total. The molecule has 0 atom stereocenters. The number of piperazine rings is 1. The van der Waals surface area contributed by atoms with Crippen molar-refractivity contribution in [2.75, 3.05) is 39.3 Å². The Labute approximate surface area is 107 Å². The fourth-order valence-electron chi connectivity index (χ4n) is 2.14. The highest BCUT2D eigenvalue weighted by molar-refractivity contribution is 5.66. The number of carbonyl (C=O) groups is 2. The van der Waals surface area contributed by atoms with Crippen molar-refractivity contribution in [2.45, 2.75) is 25.7 Å². The van der Waals surface area contributed by atoms with Gasteiger partial charge in [-0.05, 0) is 25.9 Å². The second kappa shape index (κ2) is 8.05. The normalized spacial score (nSPS) is 17.8. The first kappa shape index (κ1) is 14.9. The van der Waals surface area contributed by atoms with Crippen LogP contribution >= 0.6 is 0 Å². The third-order valence-corrected chi connectivity index (χ3v) is 3.19. The van der Waals surface area contributed by atoms with Gasteiger partial charge in [0.15, 0.2) is 0 Å². The van der Waals surface area contributed by atoms with Crippen LogP contribution in [0.1, 0.15) is 25.7 Å². The van der Waals surface area contributed by atoms with Crippen LogP contribution < -0.4 is 0 Å². The summed E-state index contributed by atoms with van der Waals surface area (Å²) in [5.41, 5.74) is 0. The number of carboxylic acid groups (broad SMARTS) is 2. The third kappa shape index (κ3) is 6.56. The molecule has 1 saturated heterocycles. The van der Waals surface area contributed by atoms with Gasteiger partial charge in [0.2, 0.25) is 0 Å². The average molecular weight is 258 g/mol. The maximum atomic E-state index is 10.4. The molecule has 0 bridgehead atoms. The monoisotopic (exact) mass is 258 g/mol. The highest BCUT2D eigenvalue weighted by Crippen LogP contribution is 2.05. The fraction of sp³-hybridized carbons (Fsp3) is 0.833. The van der Waals surface area contributed by atoms with Crippen molar-refractivity contribution >= 4 is 11.9 Å². The van der Waals surface area contributed by atoms with Gasteiger partial charge in [-0.25, -0.2) is 0 Å². The zero-order chi connectivity index (χ0) is 13.4. The SMILES string of the molecule is O=C(O)CCCN1CCN(CCCC(=O)O)CC1. The van der Waals surface area contributed by atoms with Gasteiger partial charge < -0.3 is 20.0 Å². The quantitative estimate of drug-likeness (QED) is 0.653. The van der Waals surface area contributed by atoms with Crippen LogP contribution in [-0.2, 0) is 9.59 Å². The Bertz CT molecular complexity index is 247. The van der Waals surface area contributed by atoms with E-state index < -0.39 is 11.9 Å². The first-order valence-electron chi connectivity index (χ1n) is 6.46. The average Bonchev–Trinajstić information content (AvgIpc) is 2.30. The molecule has 104 valence electrons. The number of rotatable bonds is 8. The van der Waals surface area contributed by atoms with Crippen molar-refractivity contribution in [1.82, 2.24) is 9.80 Å². The van der Waals surface area contributed by atoms with E-state index in [0.29, 0.717) is 12.8 Å². The van der Waals surface area contributed by atoms with E-state index in [-0.39, 0.29) is 12.8 Å². The molecule has 18 heavy (non-hydrogen) atoms. The Kier molecular flexibility index (Phi) is 6.67. The largest absolute Gasteiger partial charge is 0.481 e. The molecule has 6 heteroatoms. The van der Waals surface area contributed by atoms with Gasteiger partial charge in [-0.15, -0.1) is 0 Å². The Balaban J connectivity index is 2.05. The van der Waals surface area contributed by atoms with Gasteiger partial charge in [0.25, 0.3) is 0 Å². The van der Waals surface area contributed by atoms with Gasteiger partial charge in [-0.2, -0.15) is 0 Å².